The number of piperidine rings is 1. The first-order valence-electron chi connectivity index (χ1n) is 4.91. The predicted octanol–water partition coefficient (Wildman–Crippen LogP) is 0.718. The summed E-state index contributed by atoms with van der Waals surface area (Å²) in [6, 6.07) is 0.507. The maximum Gasteiger partial charge on any atom is 0.0942 e. The lowest BCUT2D eigenvalue weighted by Crippen LogP contribution is -2.50. The molecule has 2 heterocycles. The second-order valence-corrected chi connectivity index (χ2v) is 4.30. The molecule has 2 fully saturated rings. The van der Waals surface area contributed by atoms with Crippen LogP contribution in [0.5, 0.6) is 0 Å². The summed E-state index contributed by atoms with van der Waals surface area (Å²) in [7, 11) is 0. The molecule has 2 nitrogen and oxygen atoms in total. The Morgan fingerprint density at radius 3 is 2.27 bits per heavy atom. The Hall–Kier alpha value is -0.0800. The second-order valence-electron chi connectivity index (χ2n) is 4.30. The monoisotopic (exact) mass is 155 g/mol. The molecule has 2 N–H and O–H groups in total. The van der Waals surface area contributed by atoms with Crippen LogP contribution in [0.2, 0.25) is 0 Å². The Labute approximate surface area is 69.0 Å². The summed E-state index contributed by atoms with van der Waals surface area (Å²) in [5.74, 6) is 0. The lowest BCUT2D eigenvalue weighted by Gasteiger charge is -2.37. The molecule has 0 aromatic carbocycles. The smallest absolute Gasteiger partial charge is 0.0942 e. The molecule has 0 radical (unpaired) electrons. The average Bonchev–Trinajstić information content (AvgIpc) is 2.34. The molecule has 2 aliphatic rings. The normalized spacial score (nSPS) is 36.3. The molecule has 64 valence electrons. The summed E-state index contributed by atoms with van der Waals surface area (Å²) < 4.78 is 1.36. The highest BCUT2D eigenvalue weighted by Gasteiger charge is 2.37. The van der Waals surface area contributed by atoms with Crippen LogP contribution in [0.1, 0.15) is 25.7 Å². The number of nitrogens with two attached hydrogens (primary N) is 1. The van der Waals surface area contributed by atoms with E-state index in [-0.39, 0.29) is 0 Å². The SMILES string of the molecule is NC1CC[N+]2(CCCCC2)C1. The van der Waals surface area contributed by atoms with Gasteiger partial charge in [-0.2, -0.15) is 0 Å². The minimum absolute atomic E-state index is 0.507. The van der Waals surface area contributed by atoms with Crippen LogP contribution in [0.3, 0.4) is 0 Å². The van der Waals surface area contributed by atoms with Gasteiger partial charge in [-0.1, -0.05) is 0 Å². The van der Waals surface area contributed by atoms with Crippen molar-refractivity contribution in [2.24, 2.45) is 5.73 Å². The molecular weight excluding hydrogens is 136 g/mol. The molecule has 2 heteroatoms. The Kier molecular flexibility index (Phi) is 1.90. The molecule has 2 saturated heterocycles. The van der Waals surface area contributed by atoms with Gasteiger partial charge in [-0.3, -0.25) is 0 Å². The molecule has 0 aromatic heterocycles. The average molecular weight is 155 g/mol. The Morgan fingerprint density at radius 2 is 1.73 bits per heavy atom. The highest BCUT2D eigenvalue weighted by Crippen LogP contribution is 2.24. The first kappa shape index (κ1) is 7.56. The fourth-order valence-corrected chi connectivity index (χ4v) is 2.71. The molecule has 11 heavy (non-hydrogen) atoms. The lowest BCUT2D eigenvalue weighted by atomic mass is 10.1. The van der Waals surface area contributed by atoms with Gasteiger partial charge in [0.25, 0.3) is 0 Å². The van der Waals surface area contributed by atoms with Gasteiger partial charge in [0.2, 0.25) is 0 Å². The van der Waals surface area contributed by atoms with Crippen LogP contribution in [0.4, 0.5) is 0 Å². The third-order valence-electron chi connectivity index (χ3n) is 3.36. The van der Waals surface area contributed by atoms with Gasteiger partial charge < -0.3 is 10.2 Å². The summed E-state index contributed by atoms with van der Waals surface area (Å²) in [4.78, 5) is 0. The second kappa shape index (κ2) is 2.76. The lowest BCUT2D eigenvalue weighted by molar-refractivity contribution is -0.921. The van der Waals surface area contributed by atoms with Crippen molar-refractivity contribution < 1.29 is 4.48 Å². The molecule has 1 unspecified atom stereocenters. The van der Waals surface area contributed by atoms with Crippen LogP contribution in [-0.2, 0) is 0 Å². The standard InChI is InChI=1S/C9H19N2/c10-9-4-7-11(8-9)5-2-1-3-6-11/h9H,1-8,10H2/q+1. The van der Waals surface area contributed by atoms with Crippen molar-refractivity contribution in [1.82, 2.24) is 0 Å². The van der Waals surface area contributed by atoms with Gasteiger partial charge in [0.1, 0.15) is 0 Å². The number of quaternary nitrogens is 1. The van der Waals surface area contributed by atoms with Crippen LogP contribution in [0.15, 0.2) is 0 Å². The van der Waals surface area contributed by atoms with Crippen molar-refractivity contribution in [3.05, 3.63) is 0 Å². The van der Waals surface area contributed by atoms with Crippen LogP contribution in [0, 0.1) is 0 Å². The van der Waals surface area contributed by atoms with E-state index in [1.165, 1.54) is 56.3 Å². The predicted molar refractivity (Wildman–Crippen MR) is 46.2 cm³/mol. The molecule has 2 aliphatic heterocycles. The van der Waals surface area contributed by atoms with E-state index in [1.54, 1.807) is 0 Å². The zero-order chi connectivity index (χ0) is 7.73. The van der Waals surface area contributed by atoms with E-state index in [9.17, 15) is 0 Å². The third-order valence-corrected chi connectivity index (χ3v) is 3.36. The van der Waals surface area contributed by atoms with Gasteiger partial charge in [-0.25, -0.2) is 0 Å². The molecule has 0 saturated carbocycles. The van der Waals surface area contributed by atoms with Gasteiger partial charge in [-0.05, 0) is 19.3 Å². The summed E-state index contributed by atoms with van der Waals surface area (Å²) in [5.41, 5.74) is 5.92. The largest absolute Gasteiger partial charge is 0.323 e. The van der Waals surface area contributed by atoms with Gasteiger partial charge in [0.05, 0.1) is 32.2 Å². The number of nitrogens with zero attached hydrogens (tertiary/aromatic N) is 1. The zero-order valence-electron chi connectivity index (χ0n) is 7.26. The van der Waals surface area contributed by atoms with Crippen molar-refractivity contribution >= 4 is 0 Å². The summed E-state index contributed by atoms with van der Waals surface area (Å²) in [6.07, 6.45) is 5.59. The maximum absolute atomic E-state index is 5.92. The first-order chi connectivity index (χ1) is 5.31. The van der Waals surface area contributed by atoms with E-state index in [0.717, 1.165) is 0 Å². The van der Waals surface area contributed by atoms with E-state index >= 15 is 0 Å². The van der Waals surface area contributed by atoms with Crippen molar-refractivity contribution in [2.75, 3.05) is 26.2 Å². The van der Waals surface area contributed by atoms with E-state index in [2.05, 4.69) is 0 Å². The Bertz CT molecular complexity index is 133. The van der Waals surface area contributed by atoms with E-state index in [4.69, 9.17) is 5.73 Å². The van der Waals surface area contributed by atoms with Crippen LogP contribution < -0.4 is 5.73 Å². The molecule has 0 aliphatic carbocycles. The minimum atomic E-state index is 0.507. The van der Waals surface area contributed by atoms with Crippen molar-refractivity contribution in [1.29, 1.82) is 0 Å². The van der Waals surface area contributed by atoms with Crippen LogP contribution in [0.25, 0.3) is 0 Å². The van der Waals surface area contributed by atoms with Gasteiger partial charge >= 0.3 is 0 Å². The van der Waals surface area contributed by atoms with Gasteiger partial charge in [0.15, 0.2) is 0 Å². The van der Waals surface area contributed by atoms with Gasteiger partial charge in [-0.15, -0.1) is 0 Å². The third kappa shape index (κ3) is 1.42. The molecule has 0 bridgehead atoms. The van der Waals surface area contributed by atoms with E-state index in [0.29, 0.717) is 6.04 Å². The quantitative estimate of drug-likeness (QED) is 0.512. The minimum Gasteiger partial charge on any atom is -0.323 e. The Balaban J connectivity index is 1.98. The maximum atomic E-state index is 5.92. The van der Waals surface area contributed by atoms with E-state index in [1.807, 2.05) is 0 Å². The topological polar surface area (TPSA) is 26.0 Å². The number of hydrogen-bond donors (Lipinski definition) is 1. The van der Waals surface area contributed by atoms with Gasteiger partial charge in [0, 0.05) is 6.42 Å². The molecule has 0 aromatic rings. The summed E-state index contributed by atoms with van der Waals surface area (Å²) >= 11 is 0. The molecule has 1 spiro atoms. The highest BCUT2D eigenvalue weighted by molar-refractivity contribution is 4.70. The molecule has 1 atom stereocenters. The fourth-order valence-electron chi connectivity index (χ4n) is 2.71. The van der Waals surface area contributed by atoms with Crippen LogP contribution >= 0.6 is 0 Å². The van der Waals surface area contributed by atoms with Crippen molar-refractivity contribution in [2.45, 2.75) is 31.7 Å². The Morgan fingerprint density at radius 1 is 1.00 bits per heavy atom. The summed E-state index contributed by atoms with van der Waals surface area (Å²) in [5, 5.41) is 0. The molecule has 0 amide bonds. The zero-order valence-corrected chi connectivity index (χ0v) is 7.26. The van der Waals surface area contributed by atoms with Crippen molar-refractivity contribution in [3.63, 3.8) is 0 Å². The summed E-state index contributed by atoms with van der Waals surface area (Å²) in [6.45, 7) is 5.45. The highest BCUT2D eigenvalue weighted by atomic mass is 15.4. The molecular formula is C9H19N2+. The number of hydrogen-bond acceptors (Lipinski definition) is 1. The first-order valence-corrected chi connectivity index (χ1v) is 4.91. The van der Waals surface area contributed by atoms with Crippen molar-refractivity contribution in [3.8, 4) is 0 Å². The fraction of sp³-hybridized carbons (Fsp3) is 1.00. The molecule has 2 rings (SSSR count). The van der Waals surface area contributed by atoms with E-state index < -0.39 is 0 Å². The van der Waals surface area contributed by atoms with Crippen LogP contribution in [-0.4, -0.2) is 36.7 Å². The number of rotatable bonds is 0.